The molecule has 0 fully saturated rings. The van der Waals surface area contributed by atoms with Crippen LogP contribution in [-0.2, 0) is 9.53 Å². The fourth-order valence-electron chi connectivity index (χ4n) is 1.99. The maximum Gasteiger partial charge on any atom is 0.156 e. The third-order valence-corrected chi connectivity index (χ3v) is 2.50. The van der Waals surface area contributed by atoms with Crippen molar-refractivity contribution >= 4 is 5.78 Å². The van der Waals surface area contributed by atoms with Crippen molar-refractivity contribution in [3.63, 3.8) is 0 Å². The molecule has 0 saturated carbocycles. The summed E-state index contributed by atoms with van der Waals surface area (Å²) in [6.45, 7) is 7.79. The van der Waals surface area contributed by atoms with Crippen molar-refractivity contribution in [1.29, 1.82) is 0 Å². The summed E-state index contributed by atoms with van der Waals surface area (Å²) in [5.41, 5.74) is 1.40. The molecule has 0 aromatic carbocycles. The van der Waals surface area contributed by atoms with Crippen LogP contribution in [0.3, 0.4) is 0 Å². The van der Waals surface area contributed by atoms with E-state index in [0.29, 0.717) is 6.42 Å². The zero-order chi connectivity index (χ0) is 10.6. The van der Waals surface area contributed by atoms with Crippen LogP contribution in [0.5, 0.6) is 0 Å². The number of hydrogen-bond donors (Lipinski definition) is 0. The van der Waals surface area contributed by atoms with Gasteiger partial charge in [0.2, 0.25) is 0 Å². The molecule has 2 nitrogen and oxygen atoms in total. The van der Waals surface area contributed by atoms with Crippen molar-refractivity contribution in [2.75, 3.05) is 13.2 Å². The van der Waals surface area contributed by atoms with Crippen LogP contribution in [0.15, 0.2) is 11.6 Å². The number of allylic oxidation sites excluding steroid dienone is 1. The van der Waals surface area contributed by atoms with E-state index in [-0.39, 0.29) is 11.2 Å². The number of ether oxygens (including phenoxy) is 1. The lowest BCUT2D eigenvalue weighted by molar-refractivity contribution is -0.117. The highest BCUT2D eigenvalue weighted by atomic mass is 16.5. The summed E-state index contributed by atoms with van der Waals surface area (Å²) in [6.07, 6.45) is 4.43. The lowest BCUT2D eigenvalue weighted by atomic mass is 9.76. The minimum Gasteiger partial charge on any atom is -0.381 e. The number of ketones is 1. The molecule has 0 radical (unpaired) electrons. The van der Waals surface area contributed by atoms with Crippen LogP contribution >= 0.6 is 0 Å². The Morgan fingerprint density at radius 1 is 1.43 bits per heavy atom. The van der Waals surface area contributed by atoms with Gasteiger partial charge in [0.15, 0.2) is 5.78 Å². The van der Waals surface area contributed by atoms with E-state index in [1.165, 1.54) is 5.57 Å². The fourth-order valence-corrected chi connectivity index (χ4v) is 1.99. The molecule has 0 spiro atoms. The molecule has 0 aromatic rings. The first-order valence-electron chi connectivity index (χ1n) is 5.33. The van der Waals surface area contributed by atoms with E-state index in [2.05, 4.69) is 13.8 Å². The van der Waals surface area contributed by atoms with Gasteiger partial charge < -0.3 is 4.74 Å². The van der Waals surface area contributed by atoms with Crippen LogP contribution in [0.25, 0.3) is 0 Å². The summed E-state index contributed by atoms with van der Waals surface area (Å²) in [6, 6.07) is 0. The molecule has 1 aliphatic carbocycles. The summed E-state index contributed by atoms with van der Waals surface area (Å²) in [7, 11) is 0. The fraction of sp³-hybridized carbons (Fsp3) is 0.750. The molecule has 0 aromatic heterocycles. The SMILES string of the molecule is CCOCCC1=CC(=O)CC(C)(C)C1. The molecule has 1 aliphatic rings. The van der Waals surface area contributed by atoms with Crippen LogP contribution < -0.4 is 0 Å². The van der Waals surface area contributed by atoms with Gasteiger partial charge in [-0.3, -0.25) is 4.79 Å². The van der Waals surface area contributed by atoms with Gasteiger partial charge in [-0.15, -0.1) is 0 Å². The molecule has 0 amide bonds. The zero-order valence-corrected chi connectivity index (χ0v) is 9.43. The lowest BCUT2D eigenvalue weighted by Gasteiger charge is -2.28. The first kappa shape index (κ1) is 11.4. The standard InChI is InChI=1S/C12H20O2/c1-4-14-6-5-10-7-11(13)9-12(2,3)8-10/h7H,4-6,8-9H2,1-3H3. The third-order valence-electron chi connectivity index (χ3n) is 2.50. The molecule has 80 valence electrons. The van der Waals surface area contributed by atoms with Crippen molar-refractivity contribution in [1.82, 2.24) is 0 Å². The second kappa shape index (κ2) is 4.74. The average molecular weight is 196 g/mol. The molecule has 0 aliphatic heterocycles. The van der Waals surface area contributed by atoms with Crippen molar-refractivity contribution < 1.29 is 9.53 Å². The Balaban J connectivity index is 2.48. The maximum atomic E-state index is 11.4. The highest BCUT2D eigenvalue weighted by molar-refractivity contribution is 5.91. The van der Waals surface area contributed by atoms with Gasteiger partial charge in [-0.1, -0.05) is 19.4 Å². The molecule has 1 rings (SSSR count). The first-order valence-corrected chi connectivity index (χ1v) is 5.33. The molecule has 0 unspecified atom stereocenters. The van der Waals surface area contributed by atoms with E-state index in [9.17, 15) is 4.79 Å². The minimum atomic E-state index is 0.146. The van der Waals surface area contributed by atoms with Gasteiger partial charge in [-0.2, -0.15) is 0 Å². The van der Waals surface area contributed by atoms with Gasteiger partial charge in [0.05, 0.1) is 6.61 Å². The first-order chi connectivity index (χ1) is 6.53. The number of hydrogen-bond acceptors (Lipinski definition) is 2. The average Bonchev–Trinajstić information content (AvgIpc) is 2.00. The molecular formula is C12H20O2. The number of carbonyl (C=O) groups excluding carboxylic acids is 1. The maximum absolute atomic E-state index is 11.4. The summed E-state index contributed by atoms with van der Waals surface area (Å²) in [5.74, 6) is 0.271. The molecule has 2 heteroatoms. The van der Waals surface area contributed by atoms with E-state index in [0.717, 1.165) is 26.1 Å². The van der Waals surface area contributed by atoms with E-state index in [1.807, 2.05) is 13.0 Å². The van der Waals surface area contributed by atoms with Gasteiger partial charge in [0.25, 0.3) is 0 Å². The Hall–Kier alpha value is -0.630. The summed E-state index contributed by atoms with van der Waals surface area (Å²) >= 11 is 0. The van der Waals surface area contributed by atoms with Crippen LogP contribution in [0, 0.1) is 5.41 Å². The predicted molar refractivity (Wildman–Crippen MR) is 57.2 cm³/mol. The smallest absolute Gasteiger partial charge is 0.156 e. The van der Waals surface area contributed by atoms with E-state index in [1.54, 1.807) is 0 Å². The minimum absolute atomic E-state index is 0.146. The van der Waals surface area contributed by atoms with E-state index in [4.69, 9.17) is 4.74 Å². The Labute approximate surface area is 86.3 Å². The van der Waals surface area contributed by atoms with Gasteiger partial charge in [-0.25, -0.2) is 0 Å². The largest absolute Gasteiger partial charge is 0.381 e. The van der Waals surface area contributed by atoms with E-state index < -0.39 is 0 Å². The predicted octanol–water partition coefficient (Wildman–Crippen LogP) is 2.73. The summed E-state index contributed by atoms with van der Waals surface area (Å²) < 4.78 is 5.29. The Morgan fingerprint density at radius 3 is 2.71 bits per heavy atom. The number of carbonyl (C=O) groups is 1. The second-order valence-electron chi connectivity index (χ2n) is 4.73. The lowest BCUT2D eigenvalue weighted by Crippen LogP contribution is -2.22. The van der Waals surface area contributed by atoms with Crippen molar-refractivity contribution in [3.8, 4) is 0 Å². The van der Waals surface area contributed by atoms with Crippen molar-refractivity contribution in [2.24, 2.45) is 5.41 Å². The Kier molecular flexibility index (Phi) is 3.87. The molecular weight excluding hydrogens is 176 g/mol. The van der Waals surface area contributed by atoms with Crippen LogP contribution in [0.4, 0.5) is 0 Å². The topological polar surface area (TPSA) is 26.3 Å². The molecule has 0 N–H and O–H groups in total. The molecule has 0 bridgehead atoms. The molecule has 14 heavy (non-hydrogen) atoms. The van der Waals surface area contributed by atoms with Crippen LogP contribution in [-0.4, -0.2) is 19.0 Å². The normalized spacial score (nSPS) is 20.8. The Morgan fingerprint density at radius 2 is 2.14 bits per heavy atom. The quantitative estimate of drug-likeness (QED) is 0.646. The van der Waals surface area contributed by atoms with Gasteiger partial charge >= 0.3 is 0 Å². The van der Waals surface area contributed by atoms with Crippen molar-refractivity contribution in [2.45, 2.75) is 40.0 Å². The van der Waals surface area contributed by atoms with Crippen molar-refractivity contribution in [3.05, 3.63) is 11.6 Å². The van der Waals surface area contributed by atoms with Crippen LogP contribution in [0.1, 0.15) is 40.0 Å². The molecule has 0 saturated heterocycles. The summed E-state index contributed by atoms with van der Waals surface area (Å²) in [5, 5.41) is 0. The second-order valence-corrected chi connectivity index (χ2v) is 4.73. The number of rotatable bonds is 4. The highest BCUT2D eigenvalue weighted by Gasteiger charge is 2.26. The third kappa shape index (κ3) is 3.62. The highest BCUT2D eigenvalue weighted by Crippen LogP contribution is 2.34. The van der Waals surface area contributed by atoms with Gasteiger partial charge in [0.1, 0.15) is 0 Å². The van der Waals surface area contributed by atoms with Crippen LogP contribution in [0.2, 0.25) is 0 Å². The monoisotopic (exact) mass is 196 g/mol. The zero-order valence-electron chi connectivity index (χ0n) is 9.43. The Bertz CT molecular complexity index is 239. The van der Waals surface area contributed by atoms with Gasteiger partial charge in [-0.05, 0) is 31.3 Å². The molecule has 0 heterocycles. The summed E-state index contributed by atoms with van der Waals surface area (Å²) in [4.78, 5) is 11.4. The van der Waals surface area contributed by atoms with Gasteiger partial charge in [0, 0.05) is 13.0 Å². The molecule has 0 atom stereocenters. The van der Waals surface area contributed by atoms with E-state index >= 15 is 0 Å².